The van der Waals surface area contributed by atoms with E-state index < -0.39 is 12.7 Å². The molecule has 0 spiro atoms. The van der Waals surface area contributed by atoms with Crippen molar-refractivity contribution in [3.05, 3.63) is 121 Å². The zero-order valence-corrected chi connectivity index (χ0v) is 20.9. The van der Waals surface area contributed by atoms with Gasteiger partial charge < -0.3 is 0 Å². The Bertz CT molecular complexity index is 1110. The van der Waals surface area contributed by atoms with Crippen molar-refractivity contribution in [3.8, 4) is 0 Å². The standard InChI is InChI=1S/C32H35OP/c1-34(27-18-8-3-9-19-27,28-20-10-4-11-21-28,29-22-12-5-13-23-29)31-25-15-14-24-30(31)32(33)26-16-6-2-7-17-26/h3-5,8-15,18-26,32-33H,2,6-7,16-17H2,1H3. The molecule has 1 saturated carbocycles. The van der Waals surface area contributed by atoms with E-state index in [9.17, 15) is 5.11 Å². The third-order valence-corrected chi connectivity index (χ3v) is 14.5. The zero-order valence-electron chi connectivity index (χ0n) is 20.1. The van der Waals surface area contributed by atoms with Crippen LogP contribution in [0, 0.1) is 5.92 Å². The maximum atomic E-state index is 11.9. The van der Waals surface area contributed by atoms with Crippen molar-refractivity contribution in [3.63, 3.8) is 0 Å². The number of aliphatic hydroxyl groups is 1. The van der Waals surface area contributed by atoms with E-state index in [2.05, 4.69) is 122 Å². The summed E-state index contributed by atoms with van der Waals surface area (Å²) in [5, 5.41) is 17.1. The van der Waals surface area contributed by atoms with E-state index >= 15 is 0 Å². The predicted octanol–water partition coefficient (Wildman–Crippen LogP) is 6.09. The minimum atomic E-state index is -3.16. The Kier molecular flexibility index (Phi) is 6.43. The molecule has 1 nitrogen and oxygen atoms in total. The summed E-state index contributed by atoms with van der Waals surface area (Å²) in [6.07, 6.45) is 5.49. The first-order chi connectivity index (χ1) is 16.6. The number of hydrogen-bond donors (Lipinski definition) is 1. The second-order valence-electron chi connectivity index (χ2n) is 9.97. The molecule has 34 heavy (non-hydrogen) atoms. The van der Waals surface area contributed by atoms with Crippen LogP contribution in [0.1, 0.15) is 43.8 Å². The van der Waals surface area contributed by atoms with Gasteiger partial charge in [0.25, 0.3) is 0 Å². The van der Waals surface area contributed by atoms with Gasteiger partial charge in [0.15, 0.2) is 0 Å². The van der Waals surface area contributed by atoms with E-state index in [1.54, 1.807) is 0 Å². The third-order valence-electron chi connectivity index (χ3n) is 8.16. The maximum absolute atomic E-state index is 11.9. The van der Waals surface area contributed by atoms with Crippen LogP contribution in [0.5, 0.6) is 0 Å². The van der Waals surface area contributed by atoms with Crippen LogP contribution in [0.25, 0.3) is 0 Å². The second kappa shape index (κ2) is 9.49. The monoisotopic (exact) mass is 466 g/mol. The van der Waals surface area contributed by atoms with Crippen molar-refractivity contribution in [1.29, 1.82) is 0 Å². The molecule has 5 rings (SSSR count). The average Bonchev–Trinajstić information content (AvgIpc) is 2.94. The Labute approximate surface area is 204 Å². The van der Waals surface area contributed by atoms with Crippen LogP contribution in [-0.4, -0.2) is 11.8 Å². The molecule has 0 saturated heterocycles. The Hall–Kier alpha value is -2.73. The summed E-state index contributed by atoms with van der Waals surface area (Å²) in [7, 11) is 0. The van der Waals surface area contributed by atoms with Crippen LogP contribution in [0.3, 0.4) is 0 Å². The van der Waals surface area contributed by atoms with Crippen LogP contribution in [-0.2, 0) is 0 Å². The minimum absolute atomic E-state index is 0.325. The molecule has 1 aliphatic carbocycles. The molecule has 0 aliphatic heterocycles. The predicted molar refractivity (Wildman–Crippen MR) is 149 cm³/mol. The van der Waals surface area contributed by atoms with Crippen molar-refractivity contribution in [2.45, 2.75) is 38.2 Å². The average molecular weight is 467 g/mol. The second-order valence-corrected chi connectivity index (χ2v) is 15.1. The number of rotatable bonds is 6. The van der Waals surface area contributed by atoms with Crippen molar-refractivity contribution in [1.82, 2.24) is 0 Å². The molecule has 4 aromatic rings. The Morgan fingerprint density at radius 2 is 1.00 bits per heavy atom. The quantitative estimate of drug-likeness (QED) is 0.341. The van der Waals surface area contributed by atoms with E-state index in [0.717, 1.165) is 18.4 Å². The van der Waals surface area contributed by atoms with E-state index in [0.29, 0.717) is 5.92 Å². The molecule has 0 aromatic heterocycles. The van der Waals surface area contributed by atoms with Gasteiger partial charge >= 0.3 is 205 Å². The molecule has 0 radical (unpaired) electrons. The normalized spacial score (nSPS) is 16.9. The fourth-order valence-corrected chi connectivity index (χ4v) is 12.0. The van der Waals surface area contributed by atoms with Gasteiger partial charge in [-0.15, -0.1) is 0 Å². The summed E-state index contributed by atoms with van der Waals surface area (Å²) < 4.78 is 0. The first-order valence-corrected chi connectivity index (χ1v) is 15.3. The molecule has 1 aliphatic rings. The van der Waals surface area contributed by atoms with Crippen LogP contribution in [0.4, 0.5) is 0 Å². The van der Waals surface area contributed by atoms with Gasteiger partial charge in [0.05, 0.1) is 0 Å². The molecule has 4 aromatic carbocycles. The summed E-state index contributed by atoms with van der Waals surface area (Å²) in [6.45, 7) is -0.676. The molecule has 1 unspecified atom stereocenters. The molecule has 2 heteroatoms. The molecule has 1 fully saturated rings. The van der Waals surface area contributed by atoms with E-state index in [1.165, 1.54) is 40.5 Å². The van der Waals surface area contributed by atoms with E-state index in [4.69, 9.17) is 0 Å². The first kappa shape index (κ1) is 23.0. The molecular formula is C32H35OP. The van der Waals surface area contributed by atoms with Crippen molar-refractivity contribution >= 4 is 27.8 Å². The van der Waals surface area contributed by atoms with Gasteiger partial charge in [0.2, 0.25) is 0 Å². The van der Waals surface area contributed by atoms with Crippen LogP contribution >= 0.6 is 6.60 Å². The summed E-state index contributed by atoms with van der Waals surface area (Å²) in [6, 6.07) is 41.8. The van der Waals surface area contributed by atoms with Crippen molar-refractivity contribution < 1.29 is 5.11 Å². The van der Waals surface area contributed by atoms with Crippen LogP contribution in [0.2, 0.25) is 0 Å². The molecule has 0 amide bonds. The Morgan fingerprint density at radius 1 is 0.588 bits per heavy atom. The van der Waals surface area contributed by atoms with Crippen molar-refractivity contribution in [2.75, 3.05) is 6.66 Å². The van der Waals surface area contributed by atoms with Crippen LogP contribution in [0.15, 0.2) is 115 Å². The summed E-state index contributed by atoms with van der Waals surface area (Å²) >= 11 is 0. The van der Waals surface area contributed by atoms with E-state index in [-0.39, 0.29) is 0 Å². The van der Waals surface area contributed by atoms with Gasteiger partial charge in [-0.05, 0) is 0 Å². The number of aliphatic hydroxyl groups excluding tert-OH is 1. The van der Waals surface area contributed by atoms with Gasteiger partial charge in [-0.3, -0.25) is 0 Å². The number of benzene rings is 4. The van der Waals surface area contributed by atoms with Gasteiger partial charge in [-0.25, -0.2) is 0 Å². The Morgan fingerprint density at radius 3 is 1.47 bits per heavy atom. The summed E-state index contributed by atoms with van der Waals surface area (Å²) in [4.78, 5) is 0. The third kappa shape index (κ3) is 3.63. The van der Waals surface area contributed by atoms with Crippen molar-refractivity contribution in [2.24, 2.45) is 5.92 Å². The number of hydrogen-bond acceptors (Lipinski definition) is 1. The molecule has 1 N–H and O–H groups in total. The van der Waals surface area contributed by atoms with Gasteiger partial charge in [-0.2, -0.15) is 0 Å². The van der Waals surface area contributed by atoms with E-state index in [1.807, 2.05) is 0 Å². The van der Waals surface area contributed by atoms with Gasteiger partial charge in [-0.1, -0.05) is 0 Å². The topological polar surface area (TPSA) is 20.2 Å². The molecule has 174 valence electrons. The molecule has 0 bridgehead atoms. The summed E-state index contributed by atoms with van der Waals surface area (Å²) in [5.41, 5.74) is 1.10. The summed E-state index contributed by atoms with van der Waals surface area (Å²) in [5.74, 6) is 0.325. The Balaban J connectivity index is 1.88. The first-order valence-electron chi connectivity index (χ1n) is 12.6. The van der Waals surface area contributed by atoms with Crippen LogP contribution < -0.4 is 21.2 Å². The molecule has 1 atom stereocenters. The SMILES string of the molecule is CP(c1ccccc1)(c1ccccc1)(c1ccccc1)c1ccccc1C(O)C1CCCCC1. The fraction of sp³-hybridized carbons (Fsp3) is 0.250. The fourth-order valence-electron chi connectivity index (χ4n) is 6.22. The van der Waals surface area contributed by atoms with Gasteiger partial charge in [0.1, 0.15) is 0 Å². The molecular weight excluding hydrogens is 431 g/mol. The molecule has 0 heterocycles. The zero-order chi connectivity index (χ0) is 23.5. The van der Waals surface area contributed by atoms with Gasteiger partial charge in [0, 0.05) is 0 Å².